The van der Waals surface area contributed by atoms with Crippen LogP contribution in [0.1, 0.15) is 0 Å². The molecule has 3 heterocycles. The van der Waals surface area contributed by atoms with E-state index in [-0.39, 0.29) is 6.54 Å². The van der Waals surface area contributed by atoms with Gasteiger partial charge in [0.2, 0.25) is 6.54 Å². The molecule has 0 radical (unpaired) electrons. The second-order valence-electron chi connectivity index (χ2n) is 4.09. The Morgan fingerprint density at radius 3 is 2.74 bits per heavy atom. The van der Waals surface area contributed by atoms with E-state index in [1.807, 2.05) is 24.4 Å². The van der Waals surface area contributed by atoms with E-state index in [0.717, 1.165) is 11.2 Å². The maximum Gasteiger partial charge on any atom is 0.370 e. The van der Waals surface area contributed by atoms with Gasteiger partial charge in [0.1, 0.15) is 0 Å². The third-order valence-corrected chi connectivity index (χ3v) is 2.71. The van der Waals surface area contributed by atoms with Gasteiger partial charge in [-0.05, 0) is 12.1 Å². The van der Waals surface area contributed by atoms with Crippen molar-refractivity contribution in [3.8, 4) is 11.4 Å². The molecule has 19 heavy (non-hydrogen) atoms. The van der Waals surface area contributed by atoms with E-state index < -0.39 is 5.97 Å². The Hall–Kier alpha value is -2.76. The van der Waals surface area contributed by atoms with E-state index in [4.69, 9.17) is 5.11 Å². The highest BCUT2D eigenvalue weighted by Gasteiger charge is 2.10. The highest BCUT2D eigenvalue weighted by molar-refractivity contribution is 5.64. The number of nitrogens with zero attached hydrogens (tertiary/aromatic N) is 4. The lowest BCUT2D eigenvalue weighted by molar-refractivity contribution is -0.685. The van der Waals surface area contributed by atoms with Gasteiger partial charge in [-0.15, -0.1) is 5.10 Å². The maximum atomic E-state index is 10.6. The monoisotopic (exact) mass is 255 g/mol. The van der Waals surface area contributed by atoms with Gasteiger partial charge in [0, 0.05) is 23.9 Å². The van der Waals surface area contributed by atoms with E-state index in [9.17, 15) is 4.79 Å². The molecule has 0 amide bonds. The van der Waals surface area contributed by atoms with Gasteiger partial charge in [0.15, 0.2) is 23.9 Å². The number of aliphatic carboxylic acids is 1. The van der Waals surface area contributed by atoms with Crippen molar-refractivity contribution in [1.82, 2.24) is 14.6 Å². The quantitative estimate of drug-likeness (QED) is 0.702. The number of aromatic nitrogens is 4. The summed E-state index contributed by atoms with van der Waals surface area (Å²) < 4.78 is 3.29. The first-order chi connectivity index (χ1) is 9.22. The normalized spacial score (nSPS) is 10.7. The second-order valence-corrected chi connectivity index (χ2v) is 4.09. The molecule has 6 heteroatoms. The van der Waals surface area contributed by atoms with Crippen LogP contribution in [0.3, 0.4) is 0 Å². The number of rotatable bonds is 3. The van der Waals surface area contributed by atoms with Gasteiger partial charge < -0.3 is 5.11 Å². The number of hydrogen-bond acceptors (Lipinski definition) is 3. The minimum atomic E-state index is -0.872. The predicted molar refractivity (Wildman–Crippen MR) is 66.3 cm³/mol. The molecule has 0 aliphatic heterocycles. The van der Waals surface area contributed by atoms with Crippen LogP contribution in [0.5, 0.6) is 0 Å². The zero-order valence-electron chi connectivity index (χ0n) is 9.97. The lowest BCUT2D eigenvalue weighted by Gasteiger charge is -1.94. The van der Waals surface area contributed by atoms with Gasteiger partial charge in [-0.25, -0.2) is 14.3 Å². The molecule has 94 valence electrons. The van der Waals surface area contributed by atoms with E-state index >= 15 is 0 Å². The van der Waals surface area contributed by atoms with E-state index in [2.05, 4.69) is 10.1 Å². The van der Waals surface area contributed by atoms with Gasteiger partial charge in [-0.1, -0.05) is 6.07 Å². The number of carboxylic acid groups (broad SMARTS) is 1. The largest absolute Gasteiger partial charge is 0.477 e. The van der Waals surface area contributed by atoms with Gasteiger partial charge in [0.05, 0.1) is 0 Å². The average molecular weight is 255 g/mol. The summed E-state index contributed by atoms with van der Waals surface area (Å²) in [5.74, 6) is -0.253. The first-order valence-corrected chi connectivity index (χ1v) is 5.75. The highest BCUT2D eigenvalue weighted by atomic mass is 16.4. The highest BCUT2D eigenvalue weighted by Crippen LogP contribution is 2.13. The van der Waals surface area contributed by atoms with Crippen LogP contribution in [0.2, 0.25) is 0 Å². The Balaban J connectivity index is 1.95. The molecule has 0 atom stereocenters. The van der Waals surface area contributed by atoms with Crippen molar-refractivity contribution in [2.24, 2.45) is 0 Å². The molecule has 0 unspecified atom stereocenters. The summed E-state index contributed by atoms with van der Waals surface area (Å²) in [6, 6.07) is 9.27. The number of hydrogen-bond donors (Lipinski definition) is 1. The van der Waals surface area contributed by atoms with Crippen molar-refractivity contribution in [3.63, 3.8) is 0 Å². The van der Waals surface area contributed by atoms with Crippen molar-refractivity contribution < 1.29 is 14.5 Å². The van der Waals surface area contributed by atoms with Crippen molar-refractivity contribution >= 4 is 11.6 Å². The molecule has 0 saturated heterocycles. The fraction of sp³-hybridized carbons (Fsp3) is 0.0769. The SMILES string of the molecule is O=C(O)C[n+]1ccc(-c2nc3ccccn3n2)cc1. The van der Waals surface area contributed by atoms with Crippen LogP contribution in [-0.2, 0) is 11.3 Å². The van der Waals surface area contributed by atoms with Gasteiger partial charge in [-0.2, -0.15) is 4.57 Å². The Labute approximate surface area is 108 Å². The smallest absolute Gasteiger partial charge is 0.370 e. The summed E-state index contributed by atoms with van der Waals surface area (Å²) in [6.07, 6.45) is 5.24. The van der Waals surface area contributed by atoms with E-state index in [0.29, 0.717) is 5.82 Å². The van der Waals surface area contributed by atoms with Crippen LogP contribution >= 0.6 is 0 Å². The van der Waals surface area contributed by atoms with Crippen molar-refractivity contribution in [1.29, 1.82) is 0 Å². The molecule has 0 fully saturated rings. The molecule has 0 bridgehead atoms. The Morgan fingerprint density at radius 1 is 1.26 bits per heavy atom. The third-order valence-electron chi connectivity index (χ3n) is 2.71. The fourth-order valence-electron chi connectivity index (χ4n) is 1.82. The standard InChI is InChI=1S/C13H10N4O2/c18-12(19)9-16-7-4-10(5-8-16)13-14-11-3-1-2-6-17(11)15-13/h1-8H,9H2/p+1. The molecule has 3 aromatic rings. The lowest BCUT2D eigenvalue weighted by atomic mass is 10.2. The number of fused-ring (bicyclic) bond motifs is 1. The first kappa shape index (κ1) is 11.3. The van der Waals surface area contributed by atoms with Crippen molar-refractivity contribution in [2.75, 3.05) is 0 Å². The van der Waals surface area contributed by atoms with Crippen LogP contribution < -0.4 is 4.57 Å². The maximum absolute atomic E-state index is 10.6. The summed E-state index contributed by atoms with van der Waals surface area (Å²) in [5, 5.41) is 13.1. The summed E-state index contributed by atoms with van der Waals surface area (Å²) in [7, 11) is 0. The van der Waals surface area contributed by atoms with Crippen LogP contribution in [0, 0.1) is 0 Å². The van der Waals surface area contributed by atoms with Crippen molar-refractivity contribution in [3.05, 3.63) is 48.9 Å². The fourth-order valence-corrected chi connectivity index (χ4v) is 1.82. The molecule has 0 aromatic carbocycles. The molecule has 0 spiro atoms. The zero-order valence-corrected chi connectivity index (χ0v) is 9.97. The molecule has 0 aliphatic carbocycles. The van der Waals surface area contributed by atoms with Crippen LogP contribution in [-0.4, -0.2) is 25.7 Å². The van der Waals surface area contributed by atoms with Crippen LogP contribution in [0.25, 0.3) is 17.0 Å². The first-order valence-electron chi connectivity index (χ1n) is 5.75. The predicted octanol–water partition coefficient (Wildman–Crippen LogP) is 0.768. The third kappa shape index (κ3) is 2.28. The summed E-state index contributed by atoms with van der Waals surface area (Å²) in [5.41, 5.74) is 1.63. The molecule has 6 nitrogen and oxygen atoms in total. The van der Waals surface area contributed by atoms with Crippen LogP contribution in [0.15, 0.2) is 48.9 Å². The van der Waals surface area contributed by atoms with Gasteiger partial charge in [-0.3, -0.25) is 0 Å². The van der Waals surface area contributed by atoms with Crippen LogP contribution in [0.4, 0.5) is 0 Å². The minimum absolute atomic E-state index is 0.0567. The number of carbonyl (C=O) groups is 1. The van der Waals surface area contributed by atoms with Gasteiger partial charge >= 0.3 is 5.97 Å². The Bertz CT molecular complexity index is 701. The Morgan fingerprint density at radius 2 is 2.05 bits per heavy atom. The summed E-state index contributed by atoms with van der Waals surface area (Å²) >= 11 is 0. The molecule has 0 saturated carbocycles. The minimum Gasteiger partial charge on any atom is -0.477 e. The molecule has 3 rings (SSSR count). The number of carboxylic acids is 1. The second kappa shape index (κ2) is 4.49. The average Bonchev–Trinajstić information content (AvgIpc) is 2.82. The zero-order chi connectivity index (χ0) is 13.2. The van der Waals surface area contributed by atoms with E-state index in [1.165, 1.54) is 0 Å². The lowest BCUT2D eigenvalue weighted by Crippen LogP contribution is -2.36. The van der Waals surface area contributed by atoms with E-state index in [1.54, 1.807) is 33.6 Å². The number of pyridine rings is 2. The molecule has 3 aromatic heterocycles. The molecule has 1 N–H and O–H groups in total. The summed E-state index contributed by atoms with van der Waals surface area (Å²) in [6.45, 7) is -0.0567. The Kier molecular flexibility index (Phi) is 2.68. The molecule has 0 aliphatic rings. The molecular formula is C13H11N4O2+. The van der Waals surface area contributed by atoms with Crippen molar-refractivity contribution in [2.45, 2.75) is 6.54 Å². The molecular weight excluding hydrogens is 244 g/mol. The summed E-state index contributed by atoms with van der Waals surface area (Å²) in [4.78, 5) is 15.0. The van der Waals surface area contributed by atoms with Gasteiger partial charge in [0.25, 0.3) is 0 Å². The topological polar surface area (TPSA) is 71.4 Å².